The summed E-state index contributed by atoms with van der Waals surface area (Å²) in [6.45, 7) is 0. The number of halogens is 1. The van der Waals surface area contributed by atoms with Crippen LogP contribution in [0.25, 0.3) is 0 Å². The highest BCUT2D eigenvalue weighted by Gasteiger charge is 2.31. The summed E-state index contributed by atoms with van der Waals surface area (Å²) in [5.41, 5.74) is -0.394. The number of hydrogen-bond donors (Lipinski definition) is 2. The summed E-state index contributed by atoms with van der Waals surface area (Å²) in [6, 6.07) is 0. The van der Waals surface area contributed by atoms with Crippen LogP contribution in [-0.4, -0.2) is 38.9 Å². The van der Waals surface area contributed by atoms with Crippen molar-refractivity contribution in [1.29, 1.82) is 0 Å². The van der Waals surface area contributed by atoms with E-state index in [0.29, 0.717) is 5.84 Å². The standard InChI is InChI=1S/C8H6BrN3O3/c9-4-1-2-12-5(3-4)10-11-6(7(12)13)8(14)15/h1-3,7,13H,(H,14,15). The minimum atomic E-state index is -1.30. The fraction of sp³-hybridized carbons (Fsp3) is 0.125. The van der Waals surface area contributed by atoms with Gasteiger partial charge in [-0.3, -0.25) is 4.90 Å². The monoisotopic (exact) mass is 271 g/mol. The van der Waals surface area contributed by atoms with Crippen molar-refractivity contribution in [2.45, 2.75) is 6.23 Å². The number of aliphatic hydroxyl groups excluding tert-OH is 1. The first-order chi connectivity index (χ1) is 7.09. The topological polar surface area (TPSA) is 85.5 Å². The number of aliphatic carboxylic acids is 1. The van der Waals surface area contributed by atoms with Crippen molar-refractivity contribution in [3.63, 3.8) is 0 Å². The molecule has 0 aliphatic carbocycles. The van der Waals surface area contributed by atoms with Crippen LogP contribution in [0.5, 0.6) is 0 Å². The van der Waals surface area contributed by atoms with Gasteiger partial charge in [0.2, 0.25) is 0 Å². The number of nitrogens with zero attached hydrogens (tertiary/aromatic N) is 3. The van der Waals surface area contributed by atoms with E-state index < -0.39 is 17.9 Å². The number of carboxylic acids is 1. The Bertz CT molecular complexity index is 438. The maximum Gasteiger partial charge on any atom is 0.356 e. The number of carboxylic acid groups (broad SMARTS) is 1. The van der Waals surface area contributed by atoms with Crippen LogP contribution in [0.3, 0.4) is 0 Å². The summed E-state index contributed by atoms with van der Waals surface area (Å²) < 4.78 is 0.777. The Morgan fingerprint density at radius 2 is 2.27 bits per heavy atom. The molecule has 0 fully saturated rings. The molecule has 0 saturated heterocycles. The van der Waals surface area contributed by atoms with E-state index in [0.717, 1.165) is 4.48 Å². The first-order valence-corrected chi connectivity index (χ1v) is 4.79. The Hall–Kier alpha value is -1.47. The molecule has 78 valence electrons. The minimum absolute atomic E-state index is 0.391. The predicted octanol–water partition coefficient (Wildman–Crippen LogP) is 0.266. The van der Waals surface area contributed by atoms with Gasteiger partial charge in [-0.1, -0.05) is 15.9 Å². The minimum Gasteiger partial charge on any atom is -0.477 e. The molecule has 0 radical (unpaired) electrons. The summed E-state index contributed by atoms with van der Waals surface area (Å²) in [4.78, 5) is 12.0. The number of amidine groups is 1. The molecule has 0 bridgehead atoms. The second-order valence-corrected chi connectivity index (χ2v) is 3.79. The van der Waals surface area contributed by atoms with E-state index in [2.05, 4.69) is 26.1 Å². The van der Waals surface area contributed by atoms with Crippen LogP contribution in [-0.2, 0) is 4.79 Å². The molecule has 2 N–H and O–H groups in total. The van der Waals surface area contributed by atoms with Gasteiger partial charge in [0.1, 0.15) is 0 Å². The Morgan fingerprint density at radius 3 is 2.93 bits per heavy atom. The molecule has 0 aromatic carbocycles. The molecular formula is C8H6BrN3O3. The molecule has 0 saturated carbocycles. The second-order valence-electron chi connectivity index (χ2n) is 2.87. The van der Waals surface area contributed by atoms with Crippen molar-refractivity contribution in [2.75, 3.05) is 0 Å². The first-order valence-electron chi connectivity index (χ1n) is 4.00. The molecule has 2 aliphatic heterocycles. The number of aliphatic hydroxyl groups is 1. The lowest BCUT2D eigenvalue weighted by Gasteiger charge is -2.29. The van der Waals surface area contributed by atoms with E-state index in [1.165, 1.54) is 11.1 Å². The van der Waals surface area contributed by atoms with E-state index in [1.807, 2.05) is 0 Å². The van der Waals surface area contributed by atoms with Crippen molar-refractivity contribution < 1.29 is 15.0 Å². The molecule has 15 heavy (non-hydrogen) atoms. The van der Waals surface area contributed by atoms with Gasteiger partial charge < -0.3 is 10.2 Å². The first kappa shape index (κ1) is 10.1. The molecule has 0 aromatic rings. The second kappa shape index (κ2) is 3.59. The van der Waals surface area contributed by atoms with Crippen molar-refractivity contribution in [1.82, 2.24) is 4.90 Å². The summed E-state index contributed by atoms with van der Waals surface area (Å²) in [5, 5.41) is 25.5. The molecule has 0 amide bonds. The van der Waals surface area contributed by atoms with Crippen LogP contribution >= 0.6 is 15.9 Å². The highest BCUT2D eigenvalue weighted by atomic mass is 79.9. The molecular weight excluding hydrogens is 266 g/mol. The van der Waals surface area contributed by atoms with Gasteiger partial charge in [0.15, 0.2) is 17.8 Å². The predicted molar refractivity (Wildman–Crippen MR) is 56.5 cm³/mol. The summed E-state index contributed by atoms with van der Waals surface area (Å²) in [7, 11) is 0. The van der Waals surface area contributed by atoms with Gasteiger partial charge >= 0.3 is 5.97 Å². The third kappa shape index (κ3) is 1.71. The molecule has 7 heteroatoms. The SMILES string of the molecule is O=C(O)C1=NN=C2C=C(Br)C=CN2C1O. The van der Waals surface area contributed by atoms with Gasteiger partial charge in [0.05, 0.1) is 0 Å². The molecule has 6 nitrogen and oxygen atoms in total. The molecule has 1 atom stereocenters. The highest BCUT2D eigenvalue weighted by Crippen LogP contribution is 2.19. The van der Waals surface area contributed by atoms with Crippen LogP contribution in [0, 0.1) is 0 Å². The number of rotatable bonds is 1. The Labute approximate surface area is 93.0 Å². The van der Waals surface area contributed by atoms with E-state index >= 15 is 0 Å². The number of carbonyl (C=O) groups is 1. The molecule has 1 unspecified atom stereocenters. The Kier molecular flexibility index (Phi) is 2.41. The summed E-state index contributed by atoms with van der Waals surface area (Å²) in [6.07, 6.45) is 3.53. The van der Waals surface area contributed by atoms with E-state index in [-0.39, 0.29) is 0 Å². The summed E-state index contributed by atoms with van der Waals surface area (Å²) >= 11 is 3.23. The smallest absolute Gasteiger partial charge is 0.356 e. The van der Waals surface area contributed by atoms with E-state index in [9.17, 15) is 9.90 Å². The lowest BCUT2D eigenvalue weighted by atomic mass is 10.2. The summed E-state index contributed by atoms with van der Waals surface area (Å²) in [5.74, 6) is -0.894. The number of allylic oxidation sites excluding steroid dienone is 2. The van der Waals surface area contributed by atoms with Gasteiger partial charge in [0.25, 0.3) is 0 Å². The zero-order chi connectivity index (χ0) is 11.0. The van der Waals surface area contributed by atoms with Crippen LogP contribution < -0.4 is 0 Å². The van der Waals surface area contributed by atoms with Crippen LogP contribution in [0.2, 0.25) is 0 Å². The number of hydrogen-bond acceptors (Lipinski definition) is 5. The van der Waals surface area contributed by atoms with Crippen LogP contribution in [0.1, 0.15) is 0 Å². The Morgan fingerprint density at radius 1 is 1.53 bits per heavy atom. The van der Waals surface area contributed by atoms with Gasteiger partial charge in [0, 0.05) is 10.7 Å². The fourth-order valence-electron chi connectivity index (χ4n) is 1.20. The number of fused-ring (bicyclic) bond motifs is 1. The average molecular weight is 272 g/mol. The van der Waals surface area contributed by atoms with Crippen LogP contribution in [0.15, 0.2) is 33.0 Å². The molecule has 2 rings (SSSR count). The Balaban J connectivity index is 2.40. The van der Waals surface area contributed by atoms with Gasteiger partial charge in [-0.05, 0) is 12.2 Å². The van der Waals surface area contributed by atoms with Gasteiger partial charge in [-0.25, -0.2) is 4.79 Å². The highest BCUT2D eigenvalue weighted by molar-refractivity contribution is 9.11. The molecule has 0 spiro atoms. The van der Waals surface area contributed by atoms with Crippen molar-refractivity contribution in [3.8, 4) is 0 Å². The lowest BCUT2D eigenvalue weighted by Crippen LogP contribution is -2.46. The van der Waals surface area contributed by atoms with Gasteiger partial charge in [-0.15, -0.1) is 10.2 Å². The third-order valence-electron chi connectivity index (χ3n) is 1.91. The lowest BCUT2D eigenvalue weighted by molar-refractivity contribution is -0.130. The molecule has 2 heterocycles. The normalized spacial score (nSPS) is 24.0. The zero-order valence-corrected chi connectivity index (χ0v) is 8.92. The van der Waals surface area contributed by atoms with Crippen molar-refractivity contribution in [3.05, 3.63) is 22.8 Å². The van der Waals surface area contributed by atoms with Crippen molar-refractivity contribution in [2.24, 2.45) is 10.2 Å². The maximum atomic E-state index is 10.7. The van der Waals surface area contributed by atoms with Gasteiger partial charge in [-0.2, -0.15) is 0 Å². The maximum absolute atomic E-state index is 10.7. The van der Waals surface area contributed by atoms with Crippen LogP contribution in [0.4, 0.5) is 0 Å². The van der Waals surface area contributed by atoms with E-state index in [4.69, 9.17) is 5.11 Å². The third-order valence-corrected chi connectivity index (χ3v) is 2.41. The largest absolute Gasteiger partial charge is 0.477 e. The van der Waals surface area contributed by atoms with E-state index in [1.54, 1.807) is 12.2 Å². The molecule has 2 aliphatic rings. The zero-order valence-electron chi connectivity index (χ0n) is 7.33. The van der Waals surface area contributed by atoms with Crippen molar-refractivity contribution >= 4 is 33.4 Å². The fourth-order valence-corrected chi connectivity index (χ4v) is 1.53. The molecule has 0 aromatic heterocycles. The quantitative estimate of drug-likeness (QED) is 0.717. The average Bonchev–Trinajstić information content (AvgIpc) is 2.17.